The molecule has 0 unspecified atom stereocenters. The summed E-state index contributed by atoms with van der Waals surface area (Å²) in [6, 6.07) is 0. The Hall–Kier alpha value is -1.51. The van der Waals surface area contributed by atoms with Crippen molar-refractivity contribution in [1.82, 2.24) is 14.9 Å². The number of piperazine rings is 1. The predicted octanol–water partition coefficient (Wildman–Crippen LogP) is 0.461. The van der Waals surface area contributed by atoms with Gasteiger partial charge >= 0.3 is 5.69 Å². The first-order valence-corrected chi connectivity index (χ1v) is 6.67. The average molecular weight is 302 g/mol. The Bertz CT molecular complexity index is 505. The molecule has 1 saturated heterocycles. The third kappa shape index (κ3) is 3.14. The van der Waals surface area contributed by atoms with Gasteiger partial charge in [0.05, 0.1) is 11.5 Å². The average Bonchev–Trinajstić information content (AvgIpc) is 2.38. The van der Waals surface area contributed by atoms with Gasteiger partial charge in [-0.05, 0) is 18.5 Å². The monoisotopic (exact) mass is 301 g/mol. The summed E-state index contributed by atoms with van der Waals surface area (Å²) in [6.45, 7) is 4.92. The smallest absolute Gasteiger partial charge is 0.332 e. The Balaban J connectivity index is 2.23. The quantitative estimate of drug-likeness (QED) is 0.490. The van der Waals surface area contributed by atoms with Gasteiger partial charge in [0.15, 0.2) is 0 Å². The largest absolute Gasteiger partial charge is 0.395 e. The van der Waals surface area contributed by atoms with Gasteiger partial charge in [-0.3, -0.25) is 15.0 Å². The van der Waals surface area contributed by atoms with Crippen LogP contribution in [0.25, 0.3) is 0 Å². The lowest BCUT2D eigenvalue weighted by Gasteiger charge is -2.34. The van der Waals surface area contributed by atoms with E-state index in [9.17, 15) is 10.1 Å². The van der Waals surface area contributed by atoms with Crippen LogP contribution in [0.4, 0.5) is 11.5 Å². The van der Waals surface area contributed by atoms with Crippen LogP contribution in [0.15, 0.2) is 0 Å². The van der Waals surface area contributed by atoms with Crippen molar-refractivity contribution in [2.24, 2.45) is 0 Å². The number of rotatable bonds is 4. The number of nitrogens with zero attached hydrogens (tertiary/aromatic N) is 5. The Morgan fingerprint density at radius 2 is 2.00 bits per heavy atom. The summed E-state index contributed by atoms with van der Waals surface area (Å²) >= 11 is 5.81. The number of hydrogen-bond acceptors (Lipinski definition) is 7. The van der Waals surface area contributed by atoms with Crippen molar-refractivity contribution in [1.29, 1.82) is 0 Å². The summed E-state index contributed by atoms with van der Waals surface area (Å²) in [5, 5.41) is 20.1. The van der Waals surface area contributed by atoms with Gasteiger partial charge in [-0.2, -0.15) is 4.98 Å². The van der Waals surface area contributed by atoms with Crippen LogP contribution in [-0.2, 0) is 0 Å². The third-order valence-electron chi connectivity index (χ3n) is 3.28. The molecule has 0 atom stereocenters. The summed E-state index contributed by atoms with van der Waals surface area (Å²) in [7, 11) is 0. The normalized spacial score (nSPS) is 16.4. The van der Waals surface area contributed by atoms with E-state index in [2.05, 4.69) is 14.9 Å². The molecule has 8 nitrogen and oxygen atoms in total. The number of β-amino-alcohol motifs (C(OH)–C–C–N with tert-alkyl or cyclic N) is 1. The third-order valence-corrected chi connectivity index (χ3v) is 3.45. The van der Waals surface area contributed by atoms with E-state index in [0.29, 0.717) is 19.6 Å². The predicted molar refractivity (Wildman–Crippen MR) is 74.2 cm³/mol. The van der Waals surface area contributed by atoms with Gasteiger partial charge in [-0.1, -0.05) is 0 Å². The Morgan fingerprint density at radius 1 is 1.35 bits per heavy atom. The molecule has 0 aliphatic carbocycles. The Labute approximate surface area is 121 Å². The number of nitro groups is 1. The van der Waals surface area contributed by atoms with Gasteiger partial charge < -0.3 is 10.0 Å². The van der Waals surface area contributed by atoms with Crippen LogP contribution in [0, 0.1) is 17.0 Å². The van der Waals surface area contributed by atoms with Crippen molar-refractivity contribution in [2.75, 3.05) is 44.2 Å². The minimum absolute atomic E-state index is 0.0147. The number of aliphatic hydroxyl groups is 1. The first-order chi connectivity index (χ1) is 9.52. The summed E-state index contributed by atoms with van der Waals surface area (Å²) in [6.07, 6.45) is 0. The molecular weight excluding hydrogens is 286 g/mol. The molecule has 0 radical (unpaired) electrons. The second-order valence-electron chi connectivity index (χ2n) is 4.56. The maximum Gasteiger partial charge on any atom is 0.332 e. The van der Waals surface area contributed by atoms with Crippen molar-refractivity contribution < 1.29 is 10.0 Å². The van der Waals surface area contributed by atoms with E-state index >= 15 is 0 Å². The van der Waals surface area contributed by atoms with Gasteiger partial charge in [0.1, 0.15) is 5.69 Å². The molecule has 0 saturated carbocycles. The molecular formula is C11H16ClN5O3. The van der Waals surface area contributed by atoms with Gasteiger partial charge in [-0.15, -0.1) is 0 Å². The zero-order chi connectivity index (χ0) is 14.7. The van der Waals surface area contributed by atoms with Crippen LogP contribution in [0.3, 0.4) is 0 Å². The standard InChI is InChI=1S/C11H16ClN5O3/c1-8-9(17(19)20)10(14-11(12)13-8)16-4-2-15(3-5-16)6-7-18/h18H,2-7H2,1H3. The molecule has 1 aliphatic rings. The van der Waals surface area contributed by atoms with Crippen molar-refractivity contribution in [3.05, 3.63) is 21.1 Å². The molecule has 0 aromatic carbocycles. The summed E-state index contributed by atoms with van der Waals surface area (Å²) in [5.74, 6) is 0.274. The minimum Gasteiger partial charge on any atom is -0.395 e. The van der Waals surface area contributed by atoms with Crippen LogP contribution >= 0.6 is 11.6 Å². The molecule has 2 rings (SSSR count). The number of aryl methyl sites for hydroxylation is 1. The molecule has 1 aromatic rings. The molecule has 9 heteroatoms. The topological polar surface area (TPSA) is 95.6 Å². The SMILES string of the molecule is Cc1nc(Cl)nc(N2CCN(CCO)CC2)c1[N+](=O)[O-]. The van der Waals surface area contributed by atoms with E-state index in [1.165, 1.54) is 0 Å². The first kappa shape index (κ1) is 14.9. The fourth-order valence-corrected chi connectivity index (χ4v) is 2.48. The highest BCUT2D eigenvalue weighted by Crippen LogP contribution is 2.30. The minimum atomic E-state index is -0.471. The summed E-state index contributed by atoms with van der Waals surface area (Å²) < 4.78 is 0. The number of halogens is 1. The van der Waals surface area contributed by atoms with Crippen molar-refractivity contribution in [2.45, 2.75) is 6.92 Å². The fourth-order valence-electron chi connectivity index (χ4n) is 2.28. The summed E-state index contributed by atoms with van der Waals surface area (Å²) in [5.41, 5.74) is 0.174. The molecule has 0 bridgehead atoms. The molecule has 0 spiro atoms. The number of anilines is 1. The highest BCUT2D eigenvalue weighted by molar-refractivity contribution is 6.28. The number of hydrogen-bond donors (Lipinski definition) is 1. The maximum absolute atomic E-state index is 11.2. The molecule has 0 amide bonds. The molecule has 110 valence electrons. The van der Waals surface area contributed by atoms with Crippen LogP contribution in [0.1, 0.15) is 5.69 Å². The van der Waals surface area contributed by atoms with Gasteiger partial charge in [-0.25, -0.2) is 4.98 Å². The fraction of sp³-hybridized carbons (Fsp3) is 0.636. The van der Waals surface area contributed by atoms with Crippen molar-refractivity contribution in [3.63, 3.8) is 0 Å². The zero-order valence-electron chi connectivity index (χ0n) is 11.1. The second kappa shape index (κ2) is 6.29. The van der Waals surface area contributed by atoms with E-state index < -0.39 is 4.92 Å². The lowest BCUT2D eigenvalue weighted by molar-refractivity contribution is -0.385. The van der Waals surface area contributed by atoms with Crippen molar-refractivity contribution in [3.8, 4) is 0 Å². The van der Waals surface area contributed by atoms with Gasteiger partial charge in [0, 0.05) is 32.7 Å². The van der Waals surface area contributed by atoms with Crippen molar-refractivity contribution >= 4 is 23.1 Å². The van der Waals surface area contributed by atoms with Crippen LogP contribution in [0.5, 0.6) is 0 Å². The van der Waals surface area contributed by atoms with Crippen LogP contribution in [-0.4, -0.2) is 64.2 Å². The van der Waals surface area contributed by atoms with Gasteiger partial charge in [0.2, 0.25) is 11.1 Å². The lowest BCUT2D eigenvalue weighted by atomic mass is 10.2. The van der Waals surface area contributed by atoms with Crippen LogP contribution < -0.4 is 4.90 Å². The van der Waals surface area contributed by atoms with E-state index in [4.69, 9.17) is 16.7 Å². The lowest BCUT2D eigenvalue weighted by Crippen LogP contribution is -2.47. The van der Waals surface area contributed by atoms with Crippen LogP contribution in [0.2, 0.25) is 5.28 Å². The Morgan fingerprint density at radius 3 is 2.55 bits per heavy atom. The highest BCUT2D eigenvalue weighted by atomic mass is 35.5. The molecule has 1 N–H and O–H groups in total. The van der Waals surface area contributed by atoms with E-state index in [-0.39, 0.29) is 29.1 Å². The van der Waals surface area contributed by atoms with E-state index in [0.717, 1.165) is 13.1 Å². The highest BCUT2D eigenvalue weighted by Gasteiger charge is 2.28. The molecule has 2 heterocycles. The zero-order valence-corrected chi connectivity index (χ0v) is 11.9. The number of aliphatic hydroxyl groups excluding tert-OH is 1. The Kier molecular flexibility index (Phi) is 4.69. The summed E-state index contributed by atoms with van der Waals surface area (Å²) in [4.78, 5) is 22.5. The first-order valence-electron chi connectivity index (χ1n) is 6.29. The van der Waals surface area contributed by atoms with E-state index in [1.54, 1.807) is 6.92 Å². The molecule has 1 aliphatic heterocycles. The maximum atomic E-state index is 11.2. The molecule has 20 heavy (non-hydrogen) atoms. The molecule has 1 aromatic heterocycles. The van der Waals surface area contributed by atoms with E-state index in [1.807, 2.05) is 4.90 Å². The number of aromatic nitrogens is 2. The molecule has 1 fully saturated rings. The second-order valence-corrected chi connectivity index (χ2v) is 4.90. The van der Waals surface area contributed by atoms with Gasteiger partial charge in [0.25, 0.3) is 0 Å².